The highest BCUT2D eigenvalue weighted by Crippen LogP contribution is 2.30. The molecule has 0 aliphatic heterocycles. The van der Waals surface area contributed by atoms with Crippen molar-refractivity contribution < 1.29 is 0 Å². The SMILES string of the molecule is CCCN(CC)Cc1ccc2[nH]c(-c3cc(N)nc4[nH]c(C)nc34)cc2c1. The summed E-state index contributed by atoms with van der Waals surface area (Å²) in [6.45, 7) is 9.53. The van der Waals surface area contributed by atoms with Crippen molar-refractivity contribution in [1.82, 2.24) is 24.8 Å². The first kappa shape index (κ1) is 17.5. The highest BCUT2D eigenvalue weighted by atomic mass is 15.1. The van der Waals surface area contributed by atoms with Crippen LogP contribution in [0, 0.1) is 6.92 Å². The molecule has 6 heteroatoms. The van der Waals surface area contributed by atoms with Crippen LogP contribution >= 0.6 is 0 Å². The summed E-state index contributed by atoms with van der Waals surface area (Å²) in [5, 5.41) is 1.20. The van der Waals surface area contributed by atoms with E-state index in [4.69, 9.17) is 5.73 Å². The molecular weight excluding hydrogens is 336 g/mol. The fraction of sp³-hybridized carbons (Fsp3) is 0.333. The number of aromatic nitrogens is 4. The highest BCUT2D eigenvalue weighted by molar-refractivity contribution is 5.95. The van der Waals surface area contributed by atoms with Crippen LogP contribution in [0.1, 0.15) is 31.7 Å². The number of benzene rings is 1. The average molecular weight is 362 g/mol. The molecule has 4 rings (SSSR count). The van der Waals surface area contributed by atoms with Crippen molar-refractivity contribution in [1.29, 1.82) is 0 Å². The van der Waals surface area contributed by atoms with Crippen LogP contribution in [0.2, 0.25) is 0 Å². The van der Waals surface area contributed by atoms with Crippen molar-refractivity contribution in [2.24, 2.45) is 0 Å². The van der Waals surface area contributed by atoms with Gasteiger partial charge in [0, 0.05) is 28.7 Å². The van der Waals surface area contributed by atoms with Gasteiger partial charge in [-0.05, 0) is 56.3 Å². The Kier molecular flexibility index (Phi) is 4.58. The van der Waals surface area contributed by atoms with E-state index in [0.29, 0.717) is 5.82 Å². The quantitative estimate of drug-likeness (QED) is 0.479. The maximum atomic E-state index is 6.01. The van der Waals surface area contributed by atoms with Crippen LogP contribution in [0.3, 0.4) is 0 Å². The Labute approximate surface area is 158 Å². The third-order valence-corrected chi connectivity index (χ3v) is 4.96. The van der Waals surface area contributed by atoms with Gasteiger partial charge in [0.2, 0.25) is 0 Å². The smallest absolute Gasteiger partial charge is 0.160 e. The van der Waals surface area contributed by atoms with Gasteiger partial charge in [-0.25, -0.2) is 9.97 Å². The molecule has 0 saturated carbocycles. The summed E-state index contributed by atoms with van der Waals surface area (Å²) in [7, 11) is 0. The van der Waals surface area contributed by atoms with Gasteiger partial charge in [0.1, 0.15) is 17.2 Å². The Morgan fingerprint density at radius 1 is 1.07 bits per heavy atom. The number of imidazole rings is 1. The van der Waals surface area contributed by atoms with Crippen molar-refractivity contribution in [2.75, 3.05) is 18.8 Å². The molecule has 0 radical (unpaired) electrons. The molecule has 3 heterocycles. The van der Waals surface area contributed by atoms with Crippen LogP contribution in [0.4, 0.5) is 5.82 Å². The first-order chi connectivity index (χ1) is 13.1. The van der Waals surface area contributed by atoms with Gasteiger partial charge in [0.15, 0.2) is 5.65 Å². The lowest BCUT2D eigenvalue weighted by atomic mass is 10.1. The Hall–Kier alpha value is -2.86. The number of hydrogen-bond donors (Lipinski definition) is 3. The number of aryl methyl sites for hydroxylation is 1. The van der Waals surface area contributed by atoms with Crippen molar-refractivity contribution >= 4 is 27.9 Å². The molecule has 0 aliphatic carbocycles. The number of nitrogens with two attached hydrogens (primary N) is 1. The Morgan fingerprint density at radius 2 is 1.93 bits per heavy atom. The maximum absolute atomic E-state index is 6.01. The van der Waals surface area contributed by atoms with Gasteiger partial charge in [-0.2, -0.15) is 0 Å². The predicted octanol–water partition coefficient (Wildman–Crippen LogP) is 4.23. The van der Waals surface area contributed by atoms with E-state index in [1.54, 1.807) is 0 Å². The van der Waals surface area contributed by atoms with Gasteiger partial charge in [-0.3, -0.25) is 4.90 Å². The topological polar surface area (TPSA) is 86.6 Å². The molecule has 0 atom stereocenters. The number of anilines is 1. The fourth-order valence-corrected chi connectivity index (χ4v) is 3.68. The first-order valence-electron chi connectivity index (χ1n) is 9.54. The van der Waals surface area contributed by atoms with Crippen LogP contribution in [-0.2, 0) is 6.54 Å². The number of nitrogens with one attached hydrogen (secondary N) is 2. The van der Waals surface area contributed by atoms with Gasteiger partial charge in [0.05, 0.1) is 0 Å². The minimum atomic E-state index is 0.485. The zero-order valence-electron chi connectivity index (χ0n) is 16.1. The standard InChI is InChI=1S/C21H26N6/c1-4-8-27(5-2)12-14-6-7-17-15(9-14)10-18(25-17)16-11-19(22)26-21-20(16)23-13(3)24-21/h6-7,9-11,25H,4-5,8,12H2,1-3H3,(H3,22,23,24,26). The molecule has 0 fully saturated rings. The zero-order valence-corrected chi connectivity index (χ0v) is 16.1. The summed E-state index contributed by atoms with van der Waals surface area (Å²) in [5.41, 5.74) is 12.0. The first-order valence-corrected chi connectivity index (χ1v) is 9.54. The Morgan fingerprint density at radius 3 is 2.70 bits per heavy atom. The average Bonchev–Trinajstić information content (AvgIpc) is 3.22. The molecule has 1 aromatic carbocycles. The number of nitrogen functional groups attached to an aromatic ring is 1. The van der Waals surface area contributed by atoms with Gasteiger partial charge in [-0.15, -0.1) is 0 Å². The van der Waals surface area contributed by atoms with Crippen LogP contribution in [0.5, 0.6) is 0 Å². The highest BCUT2D eigenvalue weighted by Gasteiger charge is 2.13. The molecule has 0 aliphatic rings. The number of pyridine rings is 1. The fourth-order valence-electron chi connectivity index (χ4n) is 3.68. The van der Waals surface area contributed by atoms with Crippen molar-refractivity contribution in [3.63, 3.8) is 0 Å². The zero-order chi connectivity index (χ0) is 19.0. The normalized spacial score (nSPS) is 11.9. The molecule has 0 saturated heterocycles. The molecular formula is C21H26N6. The second-order valence-corrected chi connectivity index (χ2v) is 7.09. The number of fused-ring (bicyclic) bond motifs is 2. The molecule has 6 nitrogen and oxygen atoms in total. The minimum absolute atomic E-state index is 0.485. The minimum Gasteiger partial charge on any atom is -0.384 e. The van der Waals surface area contributed by atoms with Crippen molar-refractivity contribution in [3.8, 4) is 11.3 Å². The largest absolute Gasteiger partial charge is 0.384 e. The Balaban J connectivity index is 1.74. The lowest BCUT2D eigenvalue weighted by molar-refractivity contribution is 0.281. The monoisotopic (exact) mass is 362 g/mol. The van der Waals surface area contributed by atoms with E-state index in [-0.39, 0.29) is 0 Å². The van der Waals surface area contributed by atoms with Crippen molar-refractivity contribution in [2.45, 2.75) is 33.7 Å². The lowest BCUT2D eigenvalue weighted by Gasteiger charge is -2.19. The molecule has 0 bridgehead atoms. The third-order valence-electron chi connectivity index (χ3n) is 4.96. The molecule has 27 heavy (non-hydrogen) atoms. The molecule has 4 aromatic rings. The Bertz CT molecular complexity index is 1090. The molecule has 3 aromatic heterocycles. The maximum Gasteiger partial charge on any atom is 0.160 e. The number of nitrogens with zero attached hydrogens (tertiary/aromatic N) is 3. The molecule has 140 valence electrons. The van der Waals surface area contributed by atoms with Crippen LogP contribution < -0.4 is 5.73 Å². The van der Waals surface area contributed by atoms with Gasteiger partial charge in [0.25, 0.3) is 0 Å². The number of hydrogen-bond acceptors (Lipinski definition) is 4. The van der Waals surface area contributed by atoms with Crippen LogP contribution in [0.25, 0.3) is 33.3 Å². The van der Waals surface area contributed by atoms with E-state index in [2.05, 4.69) is 62.9 Å². The summed E-state index contributed by atoms with van der Waals surface area (Å²) in [6, 6.07) is 10.7. The summed E-state index contributed by atoms with van der Waals surface area (Å²) in [5.74, 6) is 1.32. The predicted molar refractivity (Wildman–Crippen MR) is 112 cm³/mol. The number of H-pyrrole nitrogens is 2. The summed E-state index contributed by atoms with van der Waals surface area (Å²) < 4.78 is 0. The van der Waals surface area contributed by atoms with E-state index in [1.807, 2.05) is 13.0 Å². The summed E-state index contributed by atoms with van der Waals surface area (Å²) in [6.07, 6.45) is 1.17. The molecule has 0 amide bonds. The van der Waals surface area contributed by atoms with Crippen LogP contribution in [-0.4, -0.2) is 37.9 Å². The number of rotatable bonds is 6. The summed E-state index contributed by atoms with van der Waals surface area (Å²) in [4.78, 5) is 18.1. The number of aromatic amines is 2. The van der Waals surface area contributed by atoms with E-state index in [9.17, 15) is 0 Å². The molecule has 0 unspecified atom stereocenters. The van der Waals surface area contributed by atoms with E-state index in [0.717, 1.165) is 53.4 Å². The van der Waals surface area contributed by atoms with E-state index in [1.165, 1.54) is 17.4 Å². The lowest BCUT2D eigenvalue weighted by Crippen LogP contribution is -2.23. The second kappa shape index (κ2) is 7.04. The molecule has 0 spiro atoms. The van der Waals surface area contributed by atoms with Crippen LogP contribution in [0.15, 0.2) is 30.3 Å². The van der Waals surface area contributed by atoms with E-state index < -0.39 is 0 Å². The van der Waals surface area contributed by atoms with Gasteiger partial charge in [-0.1, -0.05) is 19.9 Å². The third kappa shape index (κ3) is 3.40. The van der Waals surface area contributed by atoms with Gasteiger partial charge < -0.3 is 15.7 Å². The molecule has 4 N–H and O–H groups in total. The van der Waals surface area contributed by atoms with Gasteiger partial charge >= 0.3 is 0 Å². The van der Waals surface area contributed by atoms with E-state index >= 15 is 0 Å². The second-order valence-electron chi connectivity index (χ2n) is 7.09. The van der Waals surface area contributed by atoms with Crippen molar-refractivity contribution in [3.05, 3.63) is 41.7 Å². The summed E-state index contributed by atoms with van der Waals surface area (Å²) >= 11 is 0.